The summed E-state index contributed by atoms with van der Waals surface area (Å²) in [6, 6.07) is 0.584. The summed E-state index contributed by atoms with van der Waals surface area (Å²) in [7, 11) is 0. The average Bonchev–Trinajstić information content (AvgIpc) is 2.41. The second-order valence-electron chi connectivity index (χ2n) is 8.26. The van der Waals surface area contributed by atoms with E-state index in [4.69, 9.17) is 4.74 Å². The summed E-state index contributed by atoms with van der Waals surface area (Å²) < 4.78 is 5.42. The number of ether oxygens (including phenoxy) is 1. The molecule has 1 saturated heterocycles. The van der Waals surface area contributed by atoms with Crippen LogP contribution in [0.4, 0.5) is 4.79 Å². The molecule has 0 aromatic carbocycles. The fourth-order valence-electron chi connectivity index (χ4n) is 3.49. The van der Waals surface area contributed by atoms with Crippen LogP contribution in [0.3, 0.4) is 0 Å². The van der Waals surface area contributed by atoms with Gasteiger partial charge in [0.1, 0.15) is 5.60 Å². The quantitative estimate of drug-likeness (QED) is 0.788. The highest BCUT2D eigenvalue weighted by Gasteiger charge is 2.39. The van der Waals surface area contributed by atoms with Gasteiger partial charge in [0.25, 0.3) is 0 Å². The average molecular weight is 325 g/mol. The second kappa shape index (κ2) is 7.84. The molecule has 5 nitrogen and oxygen atoms in total. The Bertz CT molecular complexity index is 380. The number of likely N-dealkylation sites (tertiary alicyclic amines) is 1. The molecule has 1 aliphatic heterocycles. The van der Waals surface area contributed by atoms with Gasteiger partial charge in [-0.3, -0.25) is 0 Å². The molecular formula is C18H35N3O2. The van der Waals surface area contributed by atoms with Crippen LogP contribution < -0.4 is 10.6 Å². The van der Waals surface area contributed by atoms with E-state index in [1.807, 2.05) is 20.8 Å². The van der Waals surface area contributed by atoms with E-state index in [0.717, 1.165) is 19.4 Å². The number of hydrogen-bond donors (Lipinski definition) is 2. The van der Waals surface area contributed by atoms with Crippen LogP contribution in [0.2, 0.25) is 0 Å². The molecule has 1 amide bonds. The molecule has 0 radical (unpaired) electrons. The van der Waals surface area contributed by atoms with Gasteiger partial charge in [0.05, 0.1) is 5.54 Å². The highest BCUT2D eigenvalue weighted by molar-refractivity contribution is 5.69. The lowest BCUT2D eigenvalue weighted by molar-refractivity contribution is 0.0374. The number of hydrogen-bond acceptors (Lipinski definition) is 4. The summed E-state index contributed by atoms with van der Waals surface area (Å²) in [6.07, 6.45) is 6.66. The zero-order chi connectivity index (χ0) is 16.9. The maximum atomic E-state index is 12.1. The van der Waals surface area contributed by atoms with Crippen LogP contribution in [-0.4, -0.2) is 54.4 Å². The van der Waals surface area contributed by atoms with Crippen molar-refractivity contribution in [3.63, 3.8) is 0 Å². The molecule has 1 aliphatic carbocycles. The number of carbonyl (C=O) groups excluding carboxylic acids is 1. The lowest BCUT2D eigenvalue weighted by atomic mass is 9.76. The van der Waals surface area contributed by atoms with E-state index in [1.165, 1.54) is 45.3 Å². The van der Waals surface area contributed by atoms with Gasteiger partial charge in [-0.15, -0.1) is 0 Å². The van der Waals surface area contributed by atoms with Crippen molar-refractivity contribution in [2.45, 2.75) is 83.4 Å². The number of rotatable bonds is 6. The molecule has 1 saturated carbocycles. The van der Waals surface area contributed by atoms with Gasteiger partial charge >= 0.3 is 6.09 Å². The van der Waals surface area contributed by atoms with Crippen molar-refractivity contribution >= 4 is 6.09 Å². The monoisotopic (exact) mass is 325 g/mol. The fourth-order valence-corrected chi connectivity index (χ4v) is 3.49. The largest absolute Gasteiger partial charge is 0.444 e. The Morgan fingerprint density at radius 1 is 1.26 bits per heavy atom. The molecule has 2 rings (SSSR count). The minimum Gasteiger partial charge on any atom is -0.444 e. The van der Waals surface area contributed by atoms with Gasteiger partial charge in [0.15, 0.2) is 0 Å². The molecule has 1 heterocycles. The summed E-state index contributed by atoms with van der Waals surface area (Å²) in [6.45, 7) is 12.4. The van der Waals surface area contributed by atoms with Crippen molar-refractivity contribution in [3.8, 4) is 0 Å². The van der Waals surface area contributed by atoms with E-state index in [9.17, 15) is 4.79 Å². The van der Waals surface area contributed by atoms with Gasteiger partial charge in [-0.25, -0.2) is 4.79 Å². The number of amides is 1. The van der Waals surface area contributed by atoms with Crippen LogP contribution in [0, 0.1) is 0 Å². The predicted molar refractivity (Wildman–Crippen MR) is 93.7 cm³/mol. The molecule has 0 bridgehead atoms. The Kier molecular flexibility index (Phi) is 6.32. The van der Waals surface area contributed by atoms with Crippen molar-refractivity contribution in [2.75, 3.05) is 26.2 Å². The number of carbonyl (C=O) groups is 1. The molecule has 2 N–H and O–H groups in total. The van der Waals surface area contributed by atoms with Crippen molar-refractivity contribution in [1.82, 2.24) is 15.5 Å². The SMILES string of the molecule is CCCN1CCC(NCC2(NC(=O)OC(C)(C)C)CCC2)CC1. The molecule has 0 aromatic rings. The minimum absolute atomic E-state index is 0.0944. The first-order valence-electron chi connectivity index (χ1n) is 9.29. The van der Waals surface area contributed by atoms with E-state index in [-0.39, 0.29) is 11.6 Å². The summed E-state index contributed by atoms with van der Waals surface area (Å²) in [4.78, 5) is 14.6. The first-order chi connectivity index (χ1) is 10.8. The third-order valence-corrected chi connectivity index (χ3v) is 4.93. The molecule has 0 aromatic heterocycles. The van der Waals surface area contributed by atoms with E-state index in [0.29, 0.717) is 6.04 Å². The molecule has 0 atom stereocenters. The fraction of sp³-hybridized carbons (Fsp3) is 0.944. The van der Waals surface area contributed by atoms with Crippen molar-refractivity contribution in [3.05, 3.63) is 0 Å². The van der Waals surface area contributed by atoms with Gasteiger partial charge in [0.2, 0.25) is 0 Å². The molecule has 2 fully saturated rings. The number of alkyl carbamates (subject to hydrolysis) is 1. The first kappa shape index (κ1) is 18.5. The van der Waals surface area contributed by atoms with Crippen LogP contribution in [0.25, 0.3) is 0 Å². The van der Waals surface area contributed by atoms with Gasteiger partial charge in [-0.05, 0) is 78.9 Å². The van der Waals surface area contributed by atoms with Crippen LogP contribution in [-0.2, 0) is 4.74 Å². The summed E-state index contributed by atoms with van der Waals surface area (Å²) >= 11 is 0. The Morgan fingerprint density at radius 3 is 2.39 bits per heavy atom. The van der Waals surface area contributed by atoms with Crippen LogP contribution in [0.1, 0.15) is 66.2 Å². The van der Waals surface area contributed by atoms with Gasteiger partial charge in [-0.1, -0.05) is 6.92 Å². The van der Waals surface area contributed by atoms with Gasteiger partial charge < -0.3 is 20.3 Å². The zero-order valence-corrected chi connectivity index (χ0v) is 15.4. The first-order valence-corrected chi connectivity index (χ1v) is 9.29. The Balaban J connectivity index is 1.73. The van der Waals surface area contributed by atoms with Crippen LogP contribution in [0.15, 0.2) is 0 Å². The maximum absolute atomic E-state index is 12.1. The second-order valence-corrected chi connectivity index (χ2v) is 8.26. The molecule has 0 unspecified atom stereocenters. The Labute approximate surface area is 141 Å². The molecule has 134 valence electrons. The standard InChI is InChI=1S/C18H35N3O2/c1-5-11-21-12-7-15(8-13-21)19-14-18(9-6-10-18)20-16(22)23-17(2,3)4/h15,19H,5-14H2,1-4H3,(H,20,22). The van der Waals surface area contributed by atoms with E-state index in [1.54, 1.807) is 0 Å². The van der Waals surface area contributed by atoms with E-state index >= 15 is 0 Å². The number of nitrogens with one attached hydrogen (secondary N) is 2. The lowest BCUT2D eigenvalue weighted by Crippen LogP contribution is -2.61. The van der Waals surface area contributed by atoms with Crippen LogP contribution in [0.5, 0.6) is 0 Å². The third kappa shape index (κ3) is 5.96. The zero-order valence-electron chi connectivity index (χ0n) is 15.4. The maximum Gasteiger partial charge on any atom is 0.408 e. The van der Waals surface area contributed by atoms with Gasteiger partial charge in [0, 0.05) is 12.6 Å². The van der Waals surface area contributed by atoms with Crippen molar-refractivity contribution < 1.29 is 9.53 Å². The highest BCUT2D eigenvalue weighted by Crippen LogP contribution is 2.32. The smallest absolute Gasteiger partial charge is 0.408 e. The lowest BCUT2D eigenvalue weighted by Gasteiger charge is -2.44. The predicted octanol–water partition coefficient (Wildman–Crippen LogP) is 2.90. The molecule has 5 heteroatoms. The van der Waals surface area contributed by atoms with E-state index < -0.39 is 5.60 Å². The molecule has 23 heavy (non-hydrogen) atoms. The van der Waals surface area contributed by atoms with Crippen molar-refractivity contribution in [1.29, 1.82) is 0 Å². The summed E-state index contributed by atoms with van der Waals surface area (Å²) in [5.74, 6) is 0. The normalized spacial score (nSPS) is 22.4. The highest BCUT2D eigenvalue weighted by atomic mass is 16.6. The molecular weight excluding hydrogens is 290 g/mol. The molecule has 2 aliphatic rings. The Hall–Kier alpha value is -0.810. The third-order valence-electron chi connectivity index (χ3n) is 4.93. The summed E-state index contributed by atoms with van der Waals surface area (Å²) in [5, 5.41) is 6.82. The minimum atomic E-state index is -0.436. The van der Waals surface area contributed by atoms with Gasteiger partial charge in [-0.2, -0.15) is 0 Å². The summed E-state index contributed by atoms with van der Waals surface area (Å²) in [5.41, 5.74) is -0.530. The van der Waals surface area contributed by atoms with Crippen molar-refractivity contribution in [2.24, 2.45) is 0 Å². The number of piperidine rings is 1. The Morgan fingerprint density at radius 2 is 1.91 bits per heavy atom. The topological polar surface area (TPSA) is 53.6 Å². The molecule has 0 spiro atoms. The van der Waals surface area contributed by atoms with Crippen LogP contribution >= 0.6 is 0 Å². The van der Waals surface area contributed by atoms with E-state index in [2.05, 4.69) is 22.5 Å². The number of nitrogens with zero attached hydrogens (tertiary/aromatic N) is 1.